The number of hydrogen-bond donors (Lipinski definition) is 2. The molecule has 0 bridgehead atoms. The predicted octanol–water partition coefficient (Wildman–Crippen LogP) is 2.98. The molecular weight excluding hydrogens is 335 g/mol. The first-order chi connectivity index (χ1) is 9.60. The van der Waals surface area contributed by atoms with Crippen molar-refractivity contribution in [2.24, 2.45) is 5.92 Å². The maximum atomic E-state index is 11.8. The lowest BCUT2D eigenvalue weighted by Gasteiger charge is -2.11. The first-order valence-corrected chi connectivity index (χ1v) is 8.93. The summed E-state index contributed by atoms with van der Waals surface area (Å²) in [5.74, 6) is -0.579. The molecule has 5 nitrogen and oxygen atoms in total. The highest BCUT2D eigenvalue weighted by Gasteiger charge is 2.17. The molecule has 0 atom stereocenters. The van der Waals surface area contributed by atoms with Crippen molar-refractivity contribution in [1.82, 2.24) is 0 Å². The Balaban J connectivity index is 2.67. The Morgan fingerprint density at radius 2 is 1.95 bits per heavy atom. The Bertz CT molecular complexity index is 607. The normalized spacial score (nSPS) is 11.7. The van der Waals surface area contributed by atoms with E-state index >= 15 is 0 Å². The molecule has 0 aliphatic rings. The molecule has 1 amide bonds. The molecular formula is C13H18Cl2N2O3S. The van der Waals surface area contributed by atoms with Crippen LogP contribution in [0.5, 0.6) is 0 Å². The minimum absolute atomic E-state index is 0.0272. The smallest absolute Gasteiger partial charge is 0.225 e. The summed E-state index contributed by atoms with van der Waals surface area (Å²) in [5.41, 5.74) is 6.19. The topological polar surface area (TPSA) is 89.3 Å². The molecule has 118 valence electrons. The van der Waals surface area contributed by atoms with E-state index in [0.29, 0.717) is 5.02 Å². The van der Waals surface area contributed by atoms with Crippen LogP contribution in [0.3, 0.4) is 0 Å². The van der Waals surface area contributed by atoms with Gasteiger partial charge >= 0.3 is 0 Å². The van der Waals surface area contributed by atoms with Crippen molar-refractivity contribution >= 4 is 50.3 Å². The fraction of sp³-hybridized carbons (Fsp3) is 0.462. The number of anilines is 2. The minimum atomic E-state index is -3.24. The zero-order chi connectivity index (χ0) is 16.2. The molecule has 0 unspecified atom stereocenters. The molecule has 0 saturated carbocycles. The molecule has 0 aliphatic heterocycles. The van der Waals surface area contributed by atoms with Gasteiger partial charge in [-0.1, -0.05) is 37.0 Å². The number of nitrogen functional groups attached to an aromatic ring is 1. The first kappa shape index (κ1) is 18.1. The Kier molecular flexibility index (Phi) is 6.31. The first-order valence-electron chi connectivity index (χ1n) is 6.35. The third-order valence-electron chi connectivity index (χ3n) is 2.58. The summed E-state index contributed by atoms with van der Waals surface area (Å²) in [6.45, 7) is 3.62. The molecule has 1 rings (SSSR count). The lowest BCUT2D eigenvalue weighted by Crippen LogP contribution is -2.21. The van der Waals surface area contributed by atoms with E-state index in [1.165, 1.54) is 12.1 Å². The third kappa shape index (κ3) is 6.11. The van der Waals surface area contributed by atoms with E-state index in [-0.39, 0.29) is 40.2 Å². The second-order valence-corrected chi connectivity index (χ2v) is 8.23. The second kappa shape index (κ2) is 7.33. The number of carbonyl (C=O) groups excluding carboxylic acids is 1. The van der Waals surface area contributed by atoms with Gasteiger partial charge < -0.3 is 11.1 Å². The molecule has 3 N–H and O–H groups in total. The summed E-state index contributed by atoms with van der Waals surface area (Å²) in [4.78, 5) is 11.8. The molecule has 1 aromatic carbocycles. The van der Waals surface area contributed by atoms with E-state index in [0.717, 1.165) is 0 Å². The van der Waals surface area contributed by atoms with Crippen LogP contribution in [0.25, 0.3) is 0 Å². The maximum Gasteiger partial charge on any atom is 0.225 e. The number of halogens is 2. The lowest BCUT2D eigenvalue weighted by atomic mass is 10.2. The largest absolute Gasteiger partial charge is 0.397 e. The number of hydrogen-bond acceptors (Lipinski definition) is 4. The number of carbonyl (C=O) groups is 1. The molecule has 0 aromatic heterocycles. The van der Waals surface area contributed by atoms with Crippen molar-refractivity contribution in [2.45, 2.75) is 20.3 Å². The van der Waals surface area contributed by atoms with E-state index in [4.69, 9.17) is 28.9 Å². The number of nitrogens with one attached hydrogen (secondary N) is 1. The van der Waals surface area contributed by atoms with Crippen LogP contribution < -0.4 is 11.1 Å². The SMILES string of the molecule is CC(C)CS(=O)(=O)CCC(=O)Nc1c(N)cc(Cl)cc1Cl. The summed E-state index contributed by atoms with van der Waals surface area (Å²) in [6, 6.07) is 2.91. The fourth-order valence-corrected chi connectivity index (χ4v) is 4.00. The molecule has 0 heterocycles. The van der Waals surface area contributed by atoms with Crippen molar-refractivity contribution in [3.05, 3.63) is 22.2 Å². The Morgan fingerprint density at radius 3 is 2.48 bits per heavy atom. The maximum absolute atomic E-state index is 11.8. The predicted molar refractivity (Wildman–Crippen MR) is 87.6 cm³/mol. The highest BCUT2D eigenvalue weighted by Crippen LogP contribution is 2.32. The average molecular weight is 353 g/mol. The highest BCUT2D eigenvalue weighted by atomic mass is 35.5. The van der Waals surface area contributed by atoms with Gasteiger partial charge in [0.25, 0.3) is 0 Å². The number of benzene rings is 1. The van der Waals surface area contributed by atoms with Crippen LogP contribution >= 0.6 is 23.2 Å². The van der Waals surface area contributed by atoms with Gasteiger partial charge in [0.15, 0.2) is 9.84 Å². The molecule has 21 heavy (non-hydrogen) atoms. The van der Waals surface area contributed by atoms with Crippen LogP contribution in [0.4, 0.5) is 11.4 Å². The van der Waals surface area contributed by atoms with Crippen molar-refractivity contribution < 1.29 is 13.2 Å². The van der Waals surface area contributed by atoms with Gasteiger partial charge in [-0.25, -0.2) is 8.42 Å². The van der Waals surface area contributed by atoms with Crippen molar-refractivity contribution in [3.8, 4) is 0 Å². The van der Waals surface area contributed by atoms with Crippen LogP contribution in [0.1, 0.15) is 20.3 Å². The molecule has 0 fully saturated rings. The van der Waals surface area contributed by atoms with Gasteiger partial charge in [-0.05, 0) is 18.1 Å². The van der Waals surface area contributed by atoms with Crippen LogP contribution in [-0.2, 0) is 14.6 Å². The number of rotatable bonds is 6. The van der Waals surface area contributed by atoms with Crippen molar-refractivity contribution in [1.29, 1.82) is 0 Å². The van der Waals surface area contributed by atoms with Gasteiger partial charge in [0.2, 0.25) is 5.91 Å². The molecule has 0 spiro atoms. The summed E-state index contributed by atoms with van der Waals surface area (Å²) in [7, 11) is -3.24. The lowest BCUT2D eigenvalue weighted by molar-refractivity contribution is -0.115. The van der Waals surface area contributed by atoms with E-state index in [9.17, 15) is 13.2 Å². The van der Waals surface area contributed by atoms with Gasteiger partial charge in [0.05, 0.1) is 27.9 Å². The monoisotopic (exact) mass is 352 g/mol. The zero-order valence-corrected chi connectivity index (χ0v) is 14.1. The summed E-state index contributed by atoms with van der Waals surface area (Å²) in [5, 5.41) is 3.08. The minimum Gasteiger partial charge on any atom is -0.397 e. The van der Waals surface area contributed by atoms with Crippen LogP contribution in [-0.4, -0.2) is 25.8 Å². The fourth-order valence-electron chi connectivity index (χ4n) is 1.77. The Morgan fingerprint density at radius 1 is 1.33 bits per heavy atom. The molecule has 0 aliphatic carbocycles. The van der Waals surface area contributed by atoms with E-state index in [1.54, 1.807) is 0 Å². The molecule has 1 aromatic rings. The van der Waals surface area contributed by atoms with E-state index < -0.39 is 15.7 Å². The van der Waals surface area contributed by atoms with Crippen LogP contribution in [0.2, 0.25) is 10.0 Å². The van der Waals surface area contributed by atoms with Gasteiger partial charge in [0, 0.05) is 11.4 Å². The summed E-state index contributed by atoms with van der Waals surface area (Å²) < 4.78 is 23.5. The van der Waals surface area contributed by atoms with Crippen molar-refractivity contribution in [2.75, 3.05) is 22.6 Å². The van der Waals surface area contributed by atoms with E-state index in [1.807, 2.05) is 13.8 Å². The van der Waals surface area contributed by atoms with E-state index in [2.05, 4.69) is 5.32 Å². The molecule has 0 radical (unpaired) electrons. The third-order valence-corrected chi connectivity index (χ3v) is 5.09. The average Bonchev–Trinajstić information content (AvgIpc) is 2.29. The number of nitrogens with two attached hydrogens (primary N) is 1. The van der Waals surface area contributed by atoms with Gasteiger partial charge in [0.1, 0.15) is 0 Å². The number of amides is 1. The standard InChI is InChI=1S/C13H18Cl2N2O3S/c1-8(2)7-21(19,20)4-3-12(18)17-13-10(15)5-9(14)6-11(13)16/h5-6,8H,3-4,7,16H2,1-2H3,(H,17,18). The Labute approximate surface area is 134 Å². The molecule has 8 heteroatoms. The zero-order valence-electron chi connectivity index (χ0n) is 11.8. The number of sulfone groups is 1. The molecule has 0 saturated heterocycles. The summed E-state index contributed by atoms with van der Waals surface area (Å²) >= 11 is 11.7. The van der Waals surface area contributed by atoms with Crippen LogP contribution in [0, 0.1) is 5.92 Å². The van der Waals surface area contributed by atoms with Gasteiger partial charge in [-0.15, -0.1) is 0 Å². The van der Waals surface area contributed by atoms with Crippen molar-refractivity contribution in [3.63, 3.8) is 0 Å². The second-order valence-electron chi connectivity index (χ2n) is 5.16. The van der Waals surface area contributed by atoms with Crippen LogP contribution in [0.15, 0.2) is 12.1 Å². The van der Waals surface area contributed by atoms with Gasteiger partial charge in [-0.2, -0.15) is 0 Å². The quantitative estimate of drug-likeness (QED) is 0.770. The Hall–Kier alpha value is -0.980. The van der Waals surface area contributed by atoms with Gasteiger partial charge in [-0.3, -0.25) is 4.79 Å². The highest BCUT2D eigenvalue weighted by molar-refractivity contribution is 7.91. The summed E-state index contributed by atoms with van der Waals surface area (Å²) in [6.07, 6.45) is -0.145.